The lowest BCUT2D eigenvalue weighted by molar-refractivity contribution is -0.127. The minimum atomic E-state index is -0.460. The molecule has 0 aromatic heterocycles. The number of rotatable bonds is 3. The summed E-state index contributed by atoms with van der Waals surface area (Å²) in [5.74, 6) is 0.536. The van der Waals surface area contributed by atoms with Gasteiger partial charge in [-0.25, -0.2) is 9.79 Å². The second-order valence-electron chi connectivity index (χ2n) is 5.57. The van der Waals surface area contributed by atoms with Gasteiger partial charge in [-0.1, -0.05) is 0 Å². The summed E-state index contributed by atoms with van der Waals surface area (Å²) in [6.07, 6.45) is 1.82. The van der Waals surface area contributed by atoms with E-state index in [0.29, 0.717) is 13.2 Å². The van der Waals surface area contributed by atoms with Crippen molar-refractivity contribution in [3.05, 3.63) is 0 Å². The molecule has 8 heteroatoms. The van der Waals surface area contributed by atoms with Crippen LogP contribution in [0.2, 0.25) is 0 Å². The smallest absolute Gasteiger partial charge is 0.325 e. The van der Waals surface area contributed by atoms with Gasteiger partial charge >= 0.3 is 6.03 Å². The summed E-state index contributed by atoms with van der Waals surface area (Å²) in [7, 11) is 3.31. The number of imide groups is 1. The van der Waals surface area contributed by atoms with Gasteiger partial charge in [0.05, 0.1) is 6.61 Å². The topological polar surface area (TPSA) is 77.5 Å². The van der Waals surface area contributed by atoms with Crippen LogP contribution in [0.3, 0.4) is 0 Å². The van der Waals surface area contributed by atoms with Crippen molar-refractivity contribution in [3.63, 3.8) is 0 Å². The molecule has 8 nitrogen and oxygen atoms in total. The van der Waals surface area contributed by atoms with Gasteiger partial charge < -0.3 is 19.4 Å². The van der Waals surface area contributed by atoms with Gasteiger partial charge in [-0.3, -0.25) is 10.1 Å². The van der Waals surface area contributed by atoms with Crippen molar-refractivity contribution in [2.75, 3.05) is 40.4 Å². The quantitative estimate of drug-likeness (QED) is 0.743. The highest BCUT2D eigenvalue weighted by molar-refractivity contribution is 6.03. The van der Waals surface area contributed by atoms with Crippen molar-refractivity contribution in [1.29, 1.82) is 0 Å². The number of nitrogens with one attached hydrogen (secondary N) is 1. The number of carbonyl (C=O) groups excluding carboxylic acids is 2. The van der Waals surface area contributed by atoms with E-state index in [-0.39, 0.29) is 11.9 Å². The predicted molar refractivity (Wildman–Crippen MR) is 75.7 cm³/mol. The van der Waals surface area contributed by atoms with Crippen LogP contribution < -0.4 is 5.32 Å². The molecular weight excluding hydrogens is 274 g/mol. The van der Waals surface area contributed by atoms with Gasteiger partial charge in [0, 0.05) is 33.8 Å². The maximum absolute atomic E-state index is 12.2. The van der Waals surface area contributed by atoms with Crippen LogP contribution in [0.5, 0.6) is 0 Å². The fourth-order valence-electron chi connectivity index (χ4n) is 3.12. The van der Waals surface area contributed by atoms with Crippen molar-refractivity contribution in [1.82, 2.24) is 20.0 Å². The molecule has 0 radical (unpaired) electrons. The number of aliphatic imine (C=N–C) groups is 1. The summed E-state index contributed by atoms with van der Waals surface area (Å²) in [6.45, 7) is 2.99. The first-order valence-corrected chi connectivity index (χ1v) is 7.29. The molecule has 2 atom stereocenters. The molecule has 116 valence electrons. The Hall–Kier alpha value is -1.83. The molecule has 0 aliphatic carbocycles. The van der Waals surface area contributed by atoms with Crippen LogP contribution in [0.4, 0.5) is 4.79 Å². The van der Waals surface area contributed by atoms with Crippen LogP contribution >= 0.6 is 0 Å². The number of carbonyl (C=O) groups is 2. The normalized spacial score (nSPS) is 28.9. The van der Waals surface area contributed by atoms with Crippen LogP contribution in [0.25, 0.3) is 0 Å². The van der Waals surface area contributed by atoms with Gasteiger partial charge in [0.25, 0.3) is 5.91 Å². The van der Waals surface area contributed by atoms with Crippen LogP contribution in [-0.2, 0) is 9.53 Å². The third kappa shape index (κ3) is 2.33. The number of amides is 3. The third-order valence-electron chi connectivity index (χ3n) is 4.26. The number of ether oxygens (including phenoxy) is 1. The summed E-state index contributed by atoms with van der Waals surface area (Å²) in [4.78, 5) is 34.3. The zero-order chi connectivity index (χ0) is 15.0. The highest BCUT2D eigenvalue weighted by atomic mass is 16.5. The lowest BCUT2D eigenvalue weighted by Crippen LogP contribution is -2.64. The van der Waals surface area contributed by atoms with Gasteiger partial charge in [-0.2, -0.15) is 0 Å². The maximum Gasteiger partial charge on any atom is 0.325 e. The first kappa shape index (κ1) is 14.1. The second-order valence-corrected chi connectivity index (χ2v) is 5.57. The maximum atomic E-state index is 12.2. The van der Waals surface area contributed by atoms with Crippen molar-refractivity contribution in [3.8, 4) is 0 Å². The monoisotopic (exact) mass is 295 g/mol. The average molecular weight is 295 g/mol. The van der Waals surface area contributed by atoms with Crippen molar-refractivity contribution >= 4 is 17.9 Å². The highest BCUT2D eigenvalue weighted by Gasteiger charge is 2.49. The third-order valence-corrected chi connectivity index (χ3v) is 4.26. The van der Waals surface area contributed by atoms with E-state index in [1.807, 2.05) is 4.90 Å². The molecule has 3 aliphatic heterocycles. The standard InChI is InChI=1S/C13H21N5O3/c1-16-10-9(11(19)15-13(16)20)18(7-8-21-2)12(14-10)17-5-3-4-6-17/h9-10H,3-8H2,1-2H3,(H,15,19,20). The Labute approximate surface area is 123 Å². The molecule has 3 aliphatic rings. The summed E-state index contributed by atoms with van der Waals surface area (Å²) in [5.41, 5.74) is 0. The number of fused-ring (bicyclic) bond motifs is 1. The van der Waals surface area contributed by atoms with E-state index in [1.165, 1.54) is 4.90 Å². The van der Waals surface area contributed by atoms with Gasteiger partial charge in [-0.15, -0.1) is 0 Å². The van der Waals surface area contributed by atoms with Gasteiger partial charge in [0.1, 0.15) is 0 Å². The first-order chi connectivity index (χ1) is 10.1. The number of hydrogen-bond donors (Lipinski definition) is 1. The number of methoxy groups -OCH3 is 1. The lowest BCUT2D eigenvalue weighted by atomic mass is 10.1. The molecule has 3 amide bonds. The minimum absolute atomic E-state index is 0.280. The molecule has 2 fully saturated rings. The molecule has 0 aromatic carbocycles. The number of nitrogens with zero attached hydrogens (tertiary/aromatic N) is 4. The van der Waals surface area contributed by atoms with Crippen molar-refractivity contribution < 1.29 is 14.3 Å². The van der Waals surface area contributed by atoms with Gasteiger partial charge in [0.2, 0.25) is 0 Å². The summed E-state index contributed by atoms with van der Waals surface area (Å²) in [5, 5.41) is 2.39. The number of likely N-dealkylation sites (tertiary alicyclic amines) is 1. The zero-order valence-corrected chi connectivity index (χ0v) is 12.4. The van der Waals surface area contributed by atoms with Crippen molar-refractivity contribution in [2.24, 2.45) is 4.99 Å². The average Bonchev–Trinajstić information content (AvgIpc) is 3.09. The van der Waals surface area contributed by atoms with E-state index >= 15 is 0 Å². The van der Waals surface area contributed by atoms with E-state index in [1.54, 1.807) is 14.2 Å². The summed E-state index contributed by atoms with van der Waals surface area (Å²) in [6, 6.07) is -0.849. The molecule has 2 saturated heterocycles. The Balaban J connectivity index is 1.89. The SMILES string of the molecule is COCCN1C(N2CCCC2)=NC2C1C(=O)NC(=O)N2C. The molecule has 3 rings (SSSR count). The van der Waals surface area contributed by atoms with E-state index in [4.69, 9.17) is 4.74 Å². The Kier molecular flexibility index (Phi) is 3.71. The Morgan fingerprint density at radius 3 is 2.71 bits per heavy atom. The van der Waals surface area contributed by atoms with E-state index in [9.17, 15) is 9.59 Å². The second kappa shape index (κ2) is 5.51. The fourth-order valence-corrected chi connectivity index (χ4v) is 3.12. The Morgan fingerprint density at radius 1 is 1.33 bits per heavy atom. The predicted octanol–water partition coefficient (Wildman–Crippen LogP) is -0.723. The molecule has 0 bridgehead atoms. The molecule has 1 N–H and O–H groups in total. The number of likely N-dealkylation sites (N-methyl/N-ethyl adjacent to an activating group) is 1. The minimum Gasteiger partial charge on any atom is -0.383 e. The highest BCUT2D eigenvalue weighted by Crippen LogP contribution is 2.26. The molecular formula is C13H21N5O3. The fraction of sp³-hybridized carbons (Fsp3) is 0.769. The molecule has 0 saturated carbocycles. The summed E-state index contributed by atoms with van der Waals surface area (Å²) >= 11 is 0. The van der Waals surface area contributed by atoms with Gasteiger partial charge in [-0.05, 0) is 12.8 Å². The Morgan fingerprint density at radius 2 is 2.05 bits per heavy atom. The lowest BCUT2D eigenvalue weighted by Gasteiger charge is -2.37. The first-order valence-electron chi connectivity index (χ1n) is 7.29. The van der Waals surface area contributed by atoms with Crippen LogP contribution in [0, 0.1) is 0 Å². The van der Waals surface area contributed by atoms with Crippen LogP contribution in [0.15, 0.2) is 4.99 Å². The number of guanidine groups is 1. The Bertz CT molecular complexity index is 474. The molecule has 0 spiro atoms. The molecule has 21 heavy (non-hydrogen) atoms. The van der Waals surface area contributed by atoms with Gasteiger partial charge in [0.15, 0.2) is 18.2 Å². The van der Waals surface area contributed by atoms with Crippen LogP contribution in [-0.4, -0.2) is 85.2 Å². The molecule has 2 unspecified atom stereocenters. The zero-order valence-electron chi connectivity index (χ0n) is 12.4. The van der Waals surface area contributed by atoms with E-state index in [0.717, 1.165) is 31.9 Å². The van der Waals surface area contributed by atoms with Crippen molar-refractivity contribution in [2.45, 2.75) is 25.0 Å². The molecule has 0 aromatic rings. The summed E-state index contributed by atoms with van der Waals surface area (Å²) < 4.78 is 5.15. The van der Waals surface area contributed by atoms with E-state index in [2.05, 4.69) is 15.2 Å². The largest absolute Gasteiger partial charge is 0.383 e. The van der Waals surface area contributed by atoms with E-state index < -0.39 is 12.2 Å². The number of urea groups is 1. The van der Waals surface area contributed by atoms with Crippen LogP contribution in [0.1, 0.15) is 12.8 Å². The molecule has 3 heterocycles. The number of hydrogen-bond acceptors (Lipinski definition) is 6.